The van der Waals surface area contributed by atoms with E-state index in [1.165, 1.54) is 11.8 Å². The number of amidine groups is 1. The number of thioether (sulfide) groups is 1. The van der Waals surface area contributed by atoms with Crippen molar-refractivity contribution in [2.75, 3.05) is 4.90 Å². The molecule has 35 heavy (non-hydrogen) atoms. The number of carbonyl (C=O) groups is 1. The molecule has 0 bridgehead atoms. The quantitative estimate of drug-likeness (QED) is 0.266. The molecule has 1 aliphatic rings. The van der Waals surface area contributed by atoms with Gasteiger partial charge < -0.3 is 4.52 Å². The Labute approximate surface area is 212 Å². The lowest BCUT2D eigenvalue weighted by molar-refractivity contribution is -0.113. The summed E-state index contributed by atoms with van der Waals surface area (Å²) in [6.07, 6.45) is 5.57. The number of anilines is 1. The summed E-state index contributed by atoms with van der Waals surface area (Å²) in [7, 11) is 0. The highest BCUT2D eigenvalue weighted by molar-refractivity contribution is 8.19. The highest BCUT2D eigenvalue weighted by atomic mass is 35.5. The zero-order valence-electron chi connectivity index (χ0n) is 18.8. The molecule has 0 N–H and O–H groups in total. The summed E-state index contributed by atoms with van der Waals surface area (Å²) in [4.78, 5) is 20.6. The molecule has 4 aromatic rings. The summed E-state index contributed by atoms with van der Waals surface area (Å²) in [5, 5.41) is 5.35. The van der Waals surface area contributed by atoms with Gasteiger partial charge in [-0.2, -0.15) is 0 Å². The Morgan fingerprint density at radius 1 is 0.914 bits per heavy atom. The lowest BCUT2D eigenvalue weighted by Gasteiger charge is -2.15. The Hall–Kier alpha value is -3.87. The zero-order valence-corrected chi connectivity index (χ0v) is 20.3. The van der Waals surface area contributed by atoms with E-state index in [-0.39, 0.29) is 5.91 Å². The first-order valence-corrected chi connectivity index (χ1v) is 12.1. The number of para-hydroxylation sites is 1. The summed E-state index contributed by atoms with van der Waals surface area (Å²) < 4.78 is 5.61. The minimum atomic E-state index is -0.180. The van der Waals surface area contributed by atoms with Gasteiger partial charge in [0.2, 0.25) is 0 Å². The van der Waals surface area contributed by atoms with Crippen molar-refractivity contribution in [3.05, 3.63) is 117 Å². The Kier molecular flexibility index (Phi) is 6.66. The van der Waals surface area contributed by atoms with E-state index in [0.717, 1.165) is 16.8 Å². The fourth-order valence-electron chi connectivity index (χ4n) is 3.57. The number of aliphatic imine (C=N–C) groups is 1. The third-order valence-corrected chi connectivity index (χ3v) is 6.48. The minimum Gasteiger partial charge on any atom is -0.354 e. The van der Waals surface area contributed by atoms with Gasteiger partial charge in [-0.15, -0.1) is 0 Å². The average Bonchev–Trinajstić information content (AvgIpc) is 3.38. The number of nitrogens with zero attached hydrogens (tertiary/aromatic N) is 3. The molecule has 0 atom stereocenters. The first-order chi connectivity index (χ1) is 17.1. The third kappa shape index (κ3) is 5.14. The number of aromatic nitrogens is 1. The van der Waals surface area contributed by atoms with Crippen LogP contribution in [0.25, 0.3) is 18.2 Å². The number of rotatable bonds is 5. The van der Waals surface area contributed by atoms with E-state index in [2.05, 4.69) is 5.16 Å². The Morgan fingerprint density at radius 2 is 1.60 bits per heavy atom. The molecule has 1 aliphatic heterocycles. The normalized spacial score (nSPS) is 16.2. The lowest BCUT2D eigenvalue weighted by Crippen LogP contribution is -2.29. The number of amides is 1. The number of benzene rings is 3. The summed E-state index contributed by atoms with van der Waals surface area (Å²) in [6.45, 7) is 1.81. The van der Waals surface area contributed by atoms with Crippen LogP contribution >= 0.6 is 23.4 Å². The molecule has 0 aliphatic carbocycles. The maximum atomic E-state index is 13.7. The van der Waals surface area contributed by atoms with E-state index in [9.17, 15) is 4.79 Å². The smallest absolute Gasteiger partial charge is 0.271 e. The molecule has 0 spiro atoms. The van der Waals surface area contributed by atoms with Crippen molar-refractivity contribution in [3.63, 3.8) is 0 Å². The Bertz CT molecular complexity index is 1440. The summed E-state index contributed by atoms with van der Waals surface area (Å²) in [5.74, 6) is 0.286. The van der Waals surface area contributed by atoms with Crippen LogP contribution in [0.15, 0.2) is 99.3 Å². The highest BCUT2D eigenvalue weighted by Gasteiger charge is 2.38. The SMILES string of the molecule is Cc1noc(/C=C/c2ccc(Cl)cc2)c1N1C(=O)/C(=C/c2ccccc2)SC1=Nc1ccccc1. The van der Waals surface area contributed by atoms with Crippen LogP contribution in [0.2, 0.25) is 5.02 Å². The van der Waals surface area contributed by atoms with Crippen LogP contribution in [0.1, 0.15) is 22.6 Å². The van der Waals surface area contributed by atoms with Crippen molar-refractivity contribution in [1.29, 1.82) is 0 Å². The van der Waals surface area contributed by atoms with Crippen LogP contribution in [0, 0.1) is 6.92 Å². The second kappa shape index (κ2) is 10.2. The van der Waals surface area contributed by atoms with Crippen molar-refractivity contribution in [1.82, 2.24) is 5.16 Å². The summed E-state index contributed by atoms with van der Waals surface area (Å²) in [5.41, 5.74) is 3.80. The molecule has 172 valence electrons. The van der Waals surface area contributed by atoms with Crippen molar-refractivity contribution < 1.29 is 9.32 Å². The number of halogens is 1. The van der Waals surface area contributed by atoms with Crippen LogP contribution in [0.3, 0.4) is 0 Å². The molecule has 0 saturated carbocycles. The molecule has 1 fully saturated rings. The molecule has 1 saturated heterocycles. The highest BCUT2D eigenvalue weighted by Crippen LogP contribution is 2.40. The molecule has 7 heteroatoms. The van der Waals surface area contributed by atoms with Gasteiger partial charge in [0.05, 0.1) is 10.6 Å². The van der Waals surface area contributed by atoms with E-state index < -0.39 is 0 Å². The fourth-order valence-corrected chi connectivity index (χ4v) is 4.68. The van der Waals surface area contributed by atoms with Crippen molar-refractivity contribution in [2.45, 2.75) is 6.92 Å². The number of hydrogen-bond acceptors (Lipinski definition) is 5. The van der Waals surface area contributed by atoms with Gasteiger partial charge in [-0.05, 0) is 66.2 Å². The van der Waals surface area contributed by atoms with Gasteiger partial charge in [0.15, 0.2) is 10.9 Å². The molecule has 1 amide bonds. The van der Waals surface area contributed by atoms with Gasteiger partial charge in [0.1, 0.15) is 11.4 Å². The van der Waals surface area contributed by atoms with Crippen LogP contribution in [-0.2, 0) is 4.79 Å². The standard InChI is InChI=1S/C28H20ClN3O2S/c1-19-26(24(34-31-19)17-14-20-12-15-22(29)16-13-20)32-27(33)25(18-21-8-4-2-5-9-21)35-28(32)30-23-10-6-3-7-11-23/h2-18H,1H3/b17-14+,25-18-,30-28?. The third-order valence-electron chi connectivity index (χ3n) is 5.26. The van der Waals surface area contributed by atoms with Crippen molar-refractivity contribution in [3.8, 4) is 0 Å². The van der Waals surface area contributed by atoms with Crippen LogP contribution < -0.4 is 4.90 Å². The lowest BCUT2D eigenvalue weighted by atomic mass is 10.2. The van der Waals surface area contributed by atoms with Gasteiger partial charge in [0, 0.05) is 5.02 Å². The molecule has 3 aromatic carbocycles. The van der Waals surface area contributed by atoms with Gasteiger partial charge in [0.25, 0.3) is 5.91 Å². The zero-order chi connectivity index (χ0) is 24.2. The molecule has 0 unspecified atom stereocenters. The van der Waals surface area contributed by atoms with Crippen LogP contribution in [0.4, 0.5) is 11.4 Å². The van der Waals surface area contributed by atoms with Crippen molar-refractivity contribution in [2.24, 2.45) is 4.99 Å². The van der Waals surface area contributed by atoms with Crippen molar-refractivity contribution >= 4 is 64.0 Å². The summed E-state index contributed by atoms with van der Waals surface area (Å²) in [6, 6.07) is 26.8. The molecular weight excluding hydrogens is 478 g/mol. The van der Waals surface area contributed by atoms with E-state index >= 15 is 0 Å². The maximum absolute atomic E-state index is 13.7. The van der Waals surface area contributed by atoms with E-state index in [0.29, 0.717) is 32.2 Å². The molecule has 1 aromatic heterocycles. The van der Waals surface area contributed by atoms with E-state index in [1.54, 1.807) is 11.0 Å². The van der Waals surface area contributed by atoms with Crippen LogP contribution in [0.5, 0.6) is 0 Å². The van der Waals surface area contributed by atoms with E-state index in [4.69, 9.17) is 21.1 Å². The molecule has 2 heterocycles. The monoisotopic (exact) mass is 497 g/mol. The fraction of sp³-hybridized carbons (Fsp3) is 0.0357. The second-order valence-electron chi connectivity index (χ2n) is 7.76. The number of aryl methyl sites for hydroxylation is 1. The number of hydrogen-bond donors (Lipinski definition) is 0. The second-order valence-corrected chi connectivity index (χ2v) is 9.20. The van der Waals surface area contributed by atoms with Gasteiger partial charge in [-0.3, -0.25) is 4.79 Å². The molecule has 0 radical (unpaired) electrons. The van der Waals surface area contributed by atoms with E-state index in [1.807, 2.05) is 104 Å². The van der Waals surface area contributed by atoms with Gasteiger partial charge in [-0.1, -0.05) is 83.5 Å². The molecule has 5 rings (SSSR count). The Balaban J connectivity index is 1.57. The maximum Gasteiger partial charge on any atom is 0.271 e. The topological polar surface area (TPSA) is 58.7 Å². The van der Waals surface area contributed by atoms with Crippen LogP contribution in [-0.4, -0.2) is 16.2 Å². The minimum absolute atomic E-state index is 0.180. The molecular formula is C28H20ClN3O2S. The largest absolute Gasteiger partial charge is 0.354 e. The number of carbonyl (C=O) groups excluding carboxylic acids is 1. The first kappa shape index (κ1) is 22.9. The predicted octanol–water partition coefficient (Wildman–Crippen LogP) is 7.62. The summed E-state index contributed by atoms with van der Waals surface area (Å²) >= 11 is 7.32. The van der Waals surface area contributed by atoms with Gasteiger partial charge >= 0.3 is 0 Å². The Morgan fingerprint density at radius 3 is 2.31 bits per heavy atom. The predicted molar refractivity (Wildman–Crippen MR) is 145 cm³/mol. The molecule has 5 nitrogen and oxygen atoms in total. The first-order valence-electron chi connectivity index (χ1n) is 10.9. The van der Waals surface area contributed by atoms with Gasteiger partial charge in [-0.25, -0.2) is 9.89 Å². The average molecular weight is 498 g/mol.